The van der Waals surface area contributed by atoms with Crippen LogP contribution in [0.25, 0.3) is 0 Å². The van der Waals surface area contributed by atoms with Crippen LogP contribution in [0.3, 0.4) is 0 Å². The van der Waals surface area contributed by atoms with Crippen molar-refractivity contribution in [2.45, 2.75) is 57.4 Å². The van der Waals surface area contributed by atoms with E-state index >= 15 is 0 Å². The van der Waals surface area contributed by atoms with Gasteiger partial charge in [0.2, 0.25) is 5.91 Å². The van der Waals surface area contributed by atoms with Crippen molar-refractivity contribution in [1.82, 2.24) is 9.80 Å². The second-order valence-corrected chi connectivity index (χ2v) is 5.95. The van der Waals surface area contributed by atoms with E-state index in [-0.39, 0.29) is 0 Å². The molecule has 2 heterocycles. The van der Waals surface area contributed by atoms with Crippen molar-refractivity contribution in [2.24, 2.45) is 5.73 Å². The summed E-state index contributed by atoms with van der Waals surface area (Å²) in [4.78, 5) is 16.8. The molecule has 2 aliphatic rings. The van der Waals surface area contributed by atoms with E-state index in [1.54, 1.807) is 0 Å². The average Bonchev–Trinajstić information content (AvgIpc) is 2.98. The molecular weight excluding hydrogens is 238 g/mol. The Hall–Kier alpha value is -0.610. The van der Waals surface area contributed by atoms with Gasteiger partial charge in [-0.05, 0) is 58.2 Å². The average molecular weight is 267 g/mol. The summed E-state index contributed by atoms with van der Waals surface area (Å²) >= 11 is 0. The maximum absolute atomic E-state index is 12.1. The van der Waals surface area contributed by atoms with E-state index in [0.29, 0.717) is 12.3 Å². The first-order chi connectivity index (χ1) is 9.31. The third-order valence-electron chi connectivity index (χ3n) is 4.57. The van der Waals surface area contributed by atoms with Gasteiger partial charge >= 0.3 is 0 Å². The van der Waals surface area contributed by atoms with Gasteiger partial charge < -0.3 is 15.5 Å². The second-order valence-electron chi connectivity index (χ2n) is 5.95. The largest absolute Gasteiger partial charge is 0.343 e. The molecule has 2 N–H and O–H groups in total. The molecule has 110 valence electrons. The molecule has 0 aromatic carbocycles. The van der Waals surface area contributed by atoms with E-state index in [1.807, 2.05) is 0 Å². The molecule has 1 amide bonds. The SMILES string of the molecule is NCCCCCC(=O)N1CCC(N2CCCC2)CC1. The normalized spacial score (nSPS) is 22.1. The molecule has 2 saturated heterocycles. The van der Waals surface area contributed by atoms with Crippen molar-refractivity contribution >= 4 is 5.91 Å². The van der Waals surface area contributed by atoms with Gasteiger partial charge in [0.25, 0.3) is 0 Å². The lowest BCUT2D eigenvalue weighted by atomic mass is 10.0. The van der Waals surface area contributed by atoms with Gasteiger partial charge in [-0.25, -0.2) is 0 Å². The van der Waals surface area contributed by atoms with Gasteiger partial charge in [-0.3, -0.25) is 4.79 Å². The Labute approximate surface area is 117 Å². The summed E-state index contributed by atoms with van der Waals surface area (Å²) in [5.41, 5.74) is 5.46. The molecule has 0 radical (unpaired) electrons. The minimum Gasteiger partial charge on any atom is -0.343 e. The molecule has 19 heavy (non-hydrogen) atoms. The molecule has 0 spiro atoms. The first kappa shape index (κ1) is 14.8. The zero-order valence-electron chi connectivity index (χ0n) is 12.1. The Kier molecular flexibility index (Phi) is 6.11. The smallest absolute Gasteiger partial charge is 0.222 e. The Morgan fingerprint density at radius 2 is 1.68 bits per heavy atom. The summed E-state index contributed by atoms with van der Waals surface area (Å²) in [5, 5.41) is 0. The van der Waals surface area contributed by atoms with Gasteiger partial charge in [-0.1, -0.05) is 6.42 Å². The van der Waals surface area contributed by atoms with Crippen LogP contribution in [0.1, 0.15) is 51.4 Å². The Balaban J connectivity index is 1.63. The van der Waals surface area contributed by atoms with Gasteiger partial charge in [-0.15, -0.1) is 0 Å². The predicted molar refractivity (Wildman–Crippen MR) is 77.9 cm³/mol. The van der Waals surface area contributed by atoms with Crippen molar-refractivity contribution < 1.29 is 4.79 Å². The maximum atomic E-state index is 12.1. The molecule has 0 saturated carbocycles. The van der Waals surface area contributed by atoms with Crippen LogP contribution in [0.15, 0.2) is 0 Å². The number of hydrogen-bond acceptors (Lipinski definition) is 3. The van der Waals surface area contributed by atoms with E-state index in [9.17, 15) is 4.79 Å². The molecule has 0 unspecified atom stereocenters. The van der Waals surface area contributed by atoms with Crippen LogP contribution in [0, 0.1) is 0 Å². The topological polar surface area (TPSA) is 49.6 Å². The fourth-order valence-corrected chi connectivity index (χ4v) is 3.34. The number of nitrogens with two attached hydrogens (primary N) is 1. The van der Waals surface area contributed by atoms with Gasteiger partial charge in [0, 0.05) is 25.6 Å². The van der Waals surface area contributed by atoms with Crippen LogP contribution in [0.4, 0.5) is 0 Å². The van der Waals surface area contributed by atoms with Crippen LogP contribution in [-0.2, 0) is 4.79 Å². The van der Waals surface area contributed by atoms with Crippen molar-refractivity contribution in [3.8, 4) is 0 Å². The minimum atomic E-state index is 0.358. The third-order valence-corrected chi connectivity index (χ3v) is 4.57. The van der Waals surface area contributed by atoms with Crippen molar-refractivity contribution in [3.63, 3.8) is 0 Å². The molecule has 4 heteroatoms. The van der Waals surface area contributed by atoms with E-state index in [4.69, 9.17) is 5.73 Å². The Bertz CT molecular complexity index is 269. The van der Waals surface area contributed by atoms with E-state index < -0.39 is 0 Å². The summed E-state index contributed by atoms with van der Waals surface area (Å²) < 4.78 is 0. The zero-order chi connectivity index (χ0) is 13.5. The van der Waals surface area contributed by atoms with Crippen molar-refractivity contribution in [2.75, 3.05) is 32.7 Å². The fraction of sp³-hybridized carbons (Fsp3) is 0.933. The number of unbranched alkanes of at least 4 members (excludes halogenated alkanes) is 2. The summed E-state index contributed by atoms with van der Waals surface area (Å²) in [7, 11) is 0. The highest BCUT2D eigenvalue weighted by molar-refractivity contribution is 5.76. The quantitative estimate of drug-likeness (QED) is 0.744. The number of hydrogen-bond donors (Lipinski definition) is 1. The number of rotatable bonds is 6. The lowest BCUT2D eigenvalue weighted by Crippen LogP contribution is -2.45. The van der Waals surface area contributed by atoms with Gasteiger partial charge in [-0.2, -0.15) is 0 Å². The zero-order valence-corrected chi connectivity index (χ0v) is 12.1. The highest BCUT2D eigenvalue weighted by Gasteiger charge is 2.27. The van der Waals surface area contributed by atoms with Crippen LogP contribution in [-0.4, -0.2) is 54.5 Å². The highest BCUT2D eigenvalue weighted by atomic mass is 16.2. The Morgan fingerprint density at radius 1 is 1.00 bits per heavy atom. The fourth-order valence-electron chi connectivity index (χ4n) is 3.34. The molecule has 0 bridgehead atoms. The molecule has 4 nitrogen and oxygen atoms in total. The lowest BCUT2D eigenvalue weighted by Gasteiger charge is -2.36. The number of carbonyl (C=O) groups excluding carboxylic acids is 1. The number of piperidine rings is 1. The summed E-state index contributed by atoms with van der Waals surface area (Å²) in [6.45, 7) is 5.23. The highest BCUT2D eigenvalue weighted by Crippen LogP contribution is 2.21. The first-order valence-electron chi connectivity index (χ1n) is 8.03. The minimum absolute atomic E-state index is 0.358. The summed E-state index contributed by atoms with van der Waals surface area (Å²) in [6.07, 6.45) is 8.93. The van der Waals surface area contributed by atoms with Gasteiger partial charge in [0.05, 0.1) is 0 Å². The molecule has 0 atom stereocenters. The molecular formula is C15H29N3O. The first-order valence-corrected chi connectivity index (χ1v) is 8.03. The van der Waals surface area contributed by atoms with Crippen LogP contribution in [0.5, 0.6) is 0 Å². The van der Waals surface area contributed by atoms with Crippen LogP contribution >= 0.6 is 0 Å². The standard InChI is InChI=1S/C15H29N3O/c16-9-3-1-2-6-15(19)18-12-7-14(8-13-18)17-10-4-5-11-17/h14H,1-13,16H2. The second kappa shape index (κ2) is 7.85. The molecule has 0 aliphatic carbocycles. The third kappa shape index (κ3) is 4.46. The number of nitrogens with zero attached hydrogens (tertiary/aromatic N) is 2. The number of amides is 1. The number of likely N-dealkylation sites (tertiary alicyclic amines) is 2. The predicted octanol–water partition coefficient (Wildman–Crippen LogP) is 1.59. The van der Waals surface area contributed by atoms with Gasteiger partial charge in [0.15, 0.2) is 0 Å². The van der Waals surface area contributed by atoms with E-state index in [1.165, 1.54) is 38.8 Å². The van der Waals surface area contributed by atoms with Crippen LogP contribution in [0.2, 0.25) is 0 Å². The molecule has 2 aliphatic heterocycles. The molecule has 0 aromatic rings. The van der Waals surface area contributed by atoms with E-state index in [0.717, 1.165) is 44.9 Å². The lowest BCUT2D eigenvalue weighted by molar-refractivity contribution is -0.132. The summed E-state index contributed by atoms with van der Waals surface area (Å²) in [5.74, 6) is 0.358. The molecule has 2 rings (SSSR count). The summed E-state index contributed by atoms with van der Waals surface area (Å²) in [6, 6.07) is 0.740. The van der Waals surface area contributed by atoms with Crippen molar-refractivity contribution in [3.05, 3.63) is 0 Å². The van der Waals surface area contributed by atoms with E-state index in [2.05, 4.69) is 9.80 Å². The molecule has 2 fully saturated rings. The number of carbonyl (C=O) groups is 1. The Morgan fingerprint density at radius 3 is 2.32 bits per heavy atom. The monoisotopic (exact) mass is 267 g/mol. The van der Waals surface area contributed by atoms with Crippen molar-refractivity contribution in [1.29, 1.82) is 0 Å². The van der Waals surface area contributed by atoms with Crippen LogP contribution < -0.4 is 5.73 Å². The molecule has 0 aromatic heterocycles. The maximum Gasteiger partial charge on any atom is 0.222 e. The van der Waals surface area contributed by atoms with Gasteiger partial charge in [0.1, 0.15) is 0 Å².